The number of nitrogens with one attached hydrogen (secondary N) is 7. The fourth-order valence-electron chi connectivity index (χ4n) is 6.98. The molecule has 1 aliphatic rings. The molecule has 4 rings (SSSR count). The number of ether oxygens (including phenoxy) is 5. The summed E-state index contributed by atoms with van der Waals surface area (Å²) >= 11 is 0. The Kier molecular flexibility index (Phi) is 21.0. The molecule has 7 N–H and O–H groups in total. The lowest BCUT2D eigenvalue weighted by Crippen LogP contribution is -2.58. The van der Waals surface area contributed by atoms with Crippen molar-refractivity contribution in [1.29, 1.82) is 0 Å². The van der Waals surface area contributed by atoms with E-state index < -0.39 is 77.5 Å². The summed E-state index contributed by atoms with van der Waals surface area (Å²) in [5, 5.41) is 18.4. The van der Waals surface area contributed by atoms with Gasteiger partial charge in [0, 0.05) is 30.8 Å². The van der Waals surface area contributed by atoms with Gasteiger partial charge in [0.25, 0.3) is 11.8 Å². The van der Waals surface area contributed by atoms with Gasteiger partial charge in [-0.3, -0.25) is 43.8 Å². The van der Waals surface area contributed by atoms with E-state index >= 15 is 0 Å². The SMILES string of the molecule is C#CCNC(=O)[C@H](CCC(=O)N[C@H](C(=O)N[C@@H](C)C(=O)Nc1ccc(COC(=O)Nc2cc(/C=C\c3cc(OC)c(OC)c(OC)c3)ccc2OC)cc1)C(C)C)NC(=O)[C@H](CNC)N1C(=O)C=CC1=O. The summed E-state index contributed by atoms with van der Waals surface area (Å²) < 4.78 is 27.2. The van der Waals surface area contributed by atoms with Crippen LogP contribution >= 0.6 is 0 Å². The van der Waals surface area contributed by atoms with Gasteiger partial charge in [0.05, 0.1) is 40.7 Å². The van der Waals surface area contributed by atoms with Crippen LogP contribution in [0.4, 0.5) is 16.2 Å². The molecule has 0 radical (unpaired) electrons. The van der Waals surface area contributed by atoms with E-state index in [1.54, 1.807) is 62.4 Å². The van der Waals surface area contributed by atoms with Crippen molar-refractivity contribution in [2.75, 3.05) is 59.2 Å². The first-order valence-electron chi connectivity index (χ1n) is 22.3. The Bertz CT molecular complexity index is 2490. The van der Waals surface area contributed by atoms with Gasteiger partial charge in [0.2, 0.25) is 35.3 Å². The summed E-state index contributed by atoms with van der Waals surface area (Å²) in [4.78, 5) is 104. The van der Waals surface area contributed by atoms with Crippen LogP contribution in [0.5, 0.6) is 23.0 Å². The topological polar surface area (TPSA) is 270 Å². The second-order valence-corrected chi connectivity index (χ2v) is 16.1. The predicted molar refractivity (Wildman–Crippen MR) is 263 cm³/mol. The summed E-state index contributed by atoms with van der Waals surface area (Å²) in [5.74, 6) is -1.13. The van der Waals surface area contributed by atoms with Crippen molar-refractivity contribution in [3.63, 3.8) is 0 Å². The highest BCUT2D eigenvalue weighted by Crippen LogP contribution is 2.39. The van der Waals surface area contributed by atoms with E-state index in [9.17, 15) is 38.4 Å². The van der Waals surface area contributed by atoms with Crippen molar-refractivity contribution in [3.8, 4) is 35.3 Å². The van der Waals surface area contributed by atoms with Gasteiger partial charge in [0.15, 0.2) is 11.5 Å². The van der Waals surface area contributed by atoms with Crippen LogP contribution < -0.4 is 56.2 Å². The lowest BCUT2D eigenvalue weighted by Gasteiger charge is -2.27. The fraction of sp³-hybridized carbons (Fsp3) is 0.360. The van der Waals surface area contributed by atoms with Crippen molar-refractivity contribution in [2.24, 2.45) is 5.92 Å². The average molecular weight is 981 g/mol. The smallest absolute Gasteiger partial charge is 0.412 e. The van der Waals surface area contributed by atoms with Crippen molar-refractivity contribution < 1.29 is 62.0 Å². The molecule has 0 spiro atoms. The number of hydrogen-bond donors (Lipinski definition) is 7. The normalized spacial score (nSPS) is 13.5. The molecule has 0 aromatic heterocycles. The fourth-order valence-corrected chi connectivity index (χ4v) is 6.98. The maximum absolute atomic E-state index is 13.4. The summed E-state index contributed by atoms with van der Waals surface area (Å²) in [6.07, 6.45) is 9.69. The molecular formula is C50H60N8O13. The van der Waals surface area contributed by atoms with E-state index in [2.05, 4.69) is 43.1 Å². The number of carbonyl (C=O) groups is 8. The molecule has 0 bridgehead atoms. The number of terminal acetylenes is 1. The second kappa shape index (κ2) is 27.0. The van der Waals surface area contributed by atoms with E-state index in [1.807, 2.05) is 18.2 Å². The number of methoxy groups -OCH3 is 4. The molecule has 1 aliphatic heterocycles. The number of nitrogens with zero attached hydrogens (tertiary/aromatic N) is 1. The molecule has 0 saturated carbocycles. The number of likely N-dealkylation sites (N-methyl/N-ethyl adjacent to an activating group) is 1. The molecule has 4 atom stereocenters. The van der Waals surface area contributed by atoms with Crippen LogP contribution in [0.1, 0.15) is 50.3 Å². The monoisotopic (exact) mass is 980 g/mol. The van der Waals surface area contributed by atoms with Crippen molar-refractivity contribution in [1.82, 2.24) is 31.5 Å². The van der Waals surface area contributed by atoms with E-state index in [4.69, 9.17) is 30.1 Å². The van der Waals surface area contributed by atoms with Gasteiger partial charge < -0.3 is 55.6 Å². The summed E-state index contributed by atoms with van der Waals surface area (Å²) in [7, 11) is 7.58. The molecule has 378 valence electrons. The first kappa shape index (κ1) is 55.2. The molecule has 3 aromatic carbocycles. The minimum atomic E-state index is -1.31. The van der Waals surface area contributed by atoms with Gasteiger partial charge in [-0.05, 0) is 79.4 Å². The van der Waals surface area contributed by atoms with Crippen LogP contribution in [-0.2, 0) is 44.9 Å². The zero-order valence-electron chi connectivity index (χ0n) is 40.8. The van der Waals surface area contributed by atoms with Crippen LogP contribution in [0, 0.1) is 18.3 Å². The number of rotatable bonds is 25. The molecule has 0 aliphatic carbocycles. The molecule has 0 fully saturated rings. The Labute approximate surface area is 411 Å². The minimum absolute atomic E-state index is 0.107. The number of carbonyl (C=O) groups excluding carboxylic acids is 8. The highest BCUT2D eigenvalue weighted by Gasteiger charge is 2.37. The average Bonchev–Trinajstić information content (AvgIpc) is 3.69. The van der Waals surface area contributed by atoms with Crippen LogP contribution in [0.3, 0.4) is 0 Å². The highest BCUT2D eigenvalue weighted by molar-refractivity contribution is 6.15. The third-order valence-corrected chi connectivity index (χ3v) is 10.7. The Morgan fingerprint density at radius 3 is 1.93 bits per heavy atom. The van der Waals surface area contributed by atoms with Gasteiger partial charge in [-0.1, -0.05) is 50.1 Å². The molecule has 21 nitrogen and oxygen atoms in total. The summed E-state index contributed by atoms with van der Waals surface area (Å²) in [5.41, 5.74) is 2.89. The molecule has 0 saturated heterocycles. The van der Waals surface area contributed by atoms with E-state index in [0.717, 1.165) is 28.2 Å². The lowest BCUT2D eigenvalue weighted by molar-refractivity contribution is -0.145. The van der Waals surface area contributed by atoms with Gasteiger partial charge in [-0.2, -0.15) is 0 Å². The maximum Gasteiger partial charge on any atom is 0.412 e. The van der Waals surface area contributed by atoms with Crippen LogP contribution in [0.2, 0.25) is 0 Å². The lowest BCUT2D eigenvalue weighted by atomic mass is 10.0. The van der Waals surface area contributed by atoms with Crippen molar-refractivity contribution >= 4 is 71.0 Å². The zero-order chi connectivity index (χ0) is 52.2. The molecular weight excluding hydrogens is 921 g/mol. The summed E-state index contributed by atoms with van der Waals surface area (Å²) in [6.45, 7) is 4.43. The largest absolute Gasteiger partial charge is 0.495 e. The van der Waals surface area contributed by atoms with Crippen molar-refractivity contribution in [2.45, 2.75) is 64.4 Å². The Morgan fingerprint density at radius 1 is 0.718 bits per heavy atom. The second-order valence-electron chi connectivity index (χ2n) is 16.1. The number of anilines is 2. The third-order valence-electron chi connectivity index (χ3n) is 10.7. The Balaban J connectivity index is 1.29. The third kappa shape index (κ3) is 15.8. The first-order valence-corrected chi connectivity index (χ1v) is 22.3. The van der Waals surface area contributed by atoms with Gasteiger partial charge in [0.1, 0.15) is 36.5 Å². The number of amides is 8. The van der Waals surface area contributed by atoms with Crippen molar-refractivity contribution in [3.05, 3.63) is 83.4 Å². The zero-order valence-corrected chi connectivity index (χ0v) is 40.8. The van der Waals surface area contributed by atoms with E-state index in [0.29, 0.717) is 39.9 Å². The predicted octanol–water partition coefficient (Wildman–Crippen LogP) is 2.75. The molecule has 21 heteroatoms. The quantitative estimate of drug-likeness (QED) is 0.0366. The van der Waals surface area contributed by atoms with E-state index in [-0.39, 0.29) is 32.5 Å². The first-order chi connectivity index (χ1) is 34.0. The molecule has 8 amide bonds. The highest BCUT2D eigenvalue weighted by atomic mass is 16.5. The Hall–Kier alpha value is -8.38. The Morgan fingerprint density at radius 2 is 1.35 bits per heavy atom. The standard InChI is InChI=1S/C50H60N8O13/c1-10-23-52-47(63)35(55-48(64)37(27-51-5)58-42(60)21-22-43(58)61)18-20-41(59)57-44(29(2)3)49(65)53-30(4)46(62)54-34-16-13-32(14-17-34)28-71-50(66)56-36-24-31(15-19-38(36)67-6)11-12-33-25-39(68-7)45(70-9)40(26-33)69-8/h1,11-17,19,21-22,24-26,29-30,35,37,44,51H,18,20,23,27-28H2,2-9H3,(H,52,63)(H,53,65)(H,54,62)(H,55,64)(H,56,66)(H,57,59)/b12-11-/t30-,35-,37-,44-/m0/s1. The van der Waals surface area contributed by atoms with Gasteiger partial charge >= 0.3 is 6.09 Å². The number of imide groups is 1. The van der Waals surface area contributed by atoms with Gasteiger partial charge in [-0.15, -0.1) is 6.42 Å². The summed E-state index contributed by atoms with van der Waals surface area (Å²) in [6, 6.07) is 10.6. The minimum Gasteiger partial charge on any atom is -0.495 e. The van der Waals surface area contributed by atoms with Crippen LogP contribution in [0.15, 0.2) is 66.7 Å². The van der Waals surface area contributed by atoms with Crippen LogP contribution in [-0.4, -0.2) is 125 Å². The molecule has 71 heavy (non-hydrogen) atoms. The van der Waals surface area contributed by atoms with Gasteiger partial charge in [-0.25, -0.2) is 4.79 Å². The van der Waals surface area contributed by atoms with Crippen LogP contribution in [0.25, 0.3) is 12.2 Å². The number of benzene rings is 3. The van der Waals surface area contributed by atoms with E-state index in [1.165, 1.54) is 42.4 Å². The maximum atomic E-state index is 13.4. The number of hydrogen-bond acceptors (Lipinski definition) is 14. The molecule has 1 heterocycles. The molecule has 0 unspecified atom stereocenters. The molecule has 3 aromatic rings.